The summed E-state index contributed by atoms with van der Waals surface area (Å²) in [5, 5.41) is 3.40. The molecule has 0 spiro atoms. The molecule has 2 rings (SSSR count). The first-order valence-electron chi connectivity index (χ1n) is 5.78. The highest BCUT2D eigenvalue weighted by molar-refractivity contribution is 9.11. The number of hydrogen-bond donors (Lipinski definition) is 1. The van der Waals surface area contributed by atoms with Crippen molar-refractivity contribution in [1.82, 2.24) is 4.98 Å². The molecule has 1 aromatic carbocycles. The van der Waals surface area contributed by atoms with Gasteiger partial charge in [-0.15, -0.1) is 0 Å². The van der Waals surface area contributed by atoms with Crippen LogP contribution < -0.4 is 5.32 Å². The van der Waals surface area contributed by atoms with Gasteiger partial charge in [0, 0.05) is 25.3 Å². The zero-order valence-electron chi connectivity index (χ0n) is 10.6. The Labute approximate surface area is 138 Å². The summed E-state index contributed by atoms with van der Waals surface area (Å²) in [5.74, 6) is 0. The number of anilines is 1. The molecule has 0 saturated heterocycles. The van der Waals surface area contributed by atoms with E-state index in [9.17, 15) is 0 Å². The Morgan fingerprint density at radius 2 is 1.68 bits per heavy atom. The van der Waals surface area contributed by atoms with Crippen LogP contribution in [0.4, 0.5) is 5.69 Å². The third-order valence-corrected chi connectivity index (χ3v) is 5.15. The van der Waals surface area contributed by atoms with E-state index >= 15 is 0 Å². The van der Waals surface area contributed by atoms with Crippen LogP contribution in [0.2, 0.25) is 0 Å². The predicted octanol–water partition coefficient (Wildman–Crippen LogP) is 5.60. The van der Waals surface area contributed by atoms with Crippen LogP contribution in [0.15, 0.2) is 37.8 Å². The van der Waals surface area contributed by atoms with Gasteiger partial charge in [0.05, 0.1) is 12.2 Å². The van der Waals surface area contributed by atoms with Crippen LogP contribution in [0.1, 0.15) is 16.8 Å². The highest BCUT2D eigenvalue weighted by Gasteiger charge is 2.05. The molecule has 0 aliphatic rings. The van der Waals surface area contributed by atoms with E-state index in [1.165, 1.54) is 15.6 Å². The van der Waals surface area contributed by atoms with Gasteiger partial charge in [-0.3, -0.25) is 4.98 Å². The van der Waals surface area contributed by atoms with Gasteiger partial charge in [0.15, 0.2) is 0 Å². The van der Waals surface area contributed by atoms with E-state index in [1.807, 2.05) is 6.07 Å². The van der Waals surface area contributed by atoms with E-state index in [0.717, 1.165) is 20.3 Å². The molecule has 0 aliphatic carbocycles. The van der Waals surface area contributed by atoms with E-state index in [4.69, 9.17) is 0 Å². The van der Waals surface area contributed by atoms with Crippen molar-refractivity contribution in [3.05, 3.63) is 54.6 Å². The van der Waals surface area contributed by atoms with Gasteiger partial charge < -0.3 is 5.32 Å². The van der Waals surface area contributed by atoms with E-state index in [1.54, 1.807) is 6.20 Å². The van der Waals surface area contributed by atoms with Gasteiger partial charge >= 0.3 is 0 Å². The van der Waals surface area contributed by atoms with Crippen molar-refractivity contribution >= 4 is 53.5 Å². The molecule has 2 nitrogen and oxygen atoms in total. The standard InChI is InChI=1S/C14H13Br3N2/c1-8-3-11(4-9(2)14(8)17)18-7-13-12(16)5-10(15)6-19-13/h3-6,18H,7H2,1-2H3. The summed E-state index contributed by atoms with van der Waals surface area (Å²) in [6, 6.07) is 6.26. The van der Waals surface area contributed by atoms with Gasteiger partial charge in [0.25, 0.3) is 0 Å². The second-order valence-corrected chi connectivity index (χ2v) is 6.92. The Balaban J connectivity index is 2.14. The van der Waals surface area contributed by atoms with Crippen molar-refractivity contribution in [1.29, 1.82) is 0 Å². The largest absolute Gasteiger partial charge is 0.379 e. The number of benzene rings is 1. The van der Waals surface area contributed by atoms with E-state index < -0.39 is 0 Å². The lowest BCUT2D eigenvalue weighted by Gasteiger charge is -2.11. The number of hydrogen-bond acceptors (Lipinski definition) is 2. The molecule has 1 aromatic heterocycles. The molecule has 100 valence electrons. The SMILES string of the molecule is Cc1cc(NCc2ncc(Br)cc2Br)cc(C)c1Br. The van der Waals surface area contributed by atoms with Gasteiger partial charge in [0.1, 0.15) is 0 Å². The zero-order valence-corrected chi connectivity index (χ0v) is 15.4. The van der Waals surface area contributed by atoms with Gasteiger partial charge in [-0.25, -0.2) is 0 Å². The second-order valence-electron chi connectivity index (χ2n) is 4.36. The highest BCUT2D eigenvalue weighted by atomic mass is 79.9. The minimum Gasteiger partial charge on any atom is -0.379 e. The van der Waals surface area contributed by atoms with Crippen LogP contribution in [0, 0.1) is 13.8 Å². The number of nitrogens with zero attached hydrogens (tertiary/aromatic N) is 1. The van der Waals surface area contributed by atoms with Crippen molar-refractivity contribution in [3.8, 4) is 0 Å². The summed E-state index contributed by atoms with van der Waals surface area (Å²) in [5.41, 5.74) is 4.55. The van der Waals surface area contributed by atoms with Crippen LogP contribution >= 0.6 is 47.8 Å². The van der Waals surface area contributed by atoms with Gasteiger partial charge in [0.2, 0.25) is 0 Å². The van der Waals surface area contributed by atoms with Gasteiger partial charge in [-0.2, -0.15) is 0 Å². The Morgan fingerprint density at radius 1 is 1.05 bits per heavy atom. The Morgan fingerprint density at radius 3 is 2.26 bits per heavy atom. The van der Waals surface area contributed by atoms with Crippen molar-refractivity contribution in [2.24, 2.45) is 0 Å². The normalized spacial score (nSPS) is 10.6. The molecule has 0 radical (unpaired) electrons. The average molecular weight is 449 g/mol. The summed E-state index contributed by atoms with van der Waals surface area (Å²) < 4.78 is 3.14. The Hall–Kier alpha value is -0.390. The number of aromatic nitrogens is 1. The smallest absolute Gasteiger partial charge is 0.0737 e. The molecule has 1 N–H and O–H groups in total. The monoisotopic (exact) mass is 446 g/mol. The Bertz CT molecular complexity index is 589. The van der Waals surface area contributed by atoms with E-state index in [0.29, 0.717) is 6.54 Å². The van der Waals surface area contributed by atoms with Crippen LogP contribution in [0.5, 0.6) is 0 Å². The fraction of sp³-hybridized carbons (Fsp3) is 0.214. The minimum absolute atomic E-state index is 0.689. The maximum Gasteiger partial charge on any atom is 0.0737 e. The topological polar surface area (TPSA) is 24.9 Å². The summed E-state index contributed by atoms with van der Waals surface area (Å²) in [4.78, 5) is 4.39. The number of pyridine rings is 1. The average Bonchev–Trinajstić information content (AvgIpc) is 2.34. The zero-order chi connectivity index (χ0) is 14.0. The maximum atomic E-state index is 4.39. The number of aryl methyl sites for hydroxylation is 2. The summed E-state index contributed by atoms with van der Waals surface area (Å²) in [6.07, 6.45) is 1.81. The van der Waals surface area contributed by atoms with Gasteiger partial charge in [-0.05, 0) is 75.0 Å². The van der Waals surface area contributed by atoms with Crippen molar-refractivity contribution in [2.75, 3.05) is 5.32 Å². The van der Waals surface area contributed by atoms with Crippen LogP contribution in [-0.2, 0) is 6.54 Å². The molecule has 2 aromatic rings. The Kier molecular flexibility index (Phi) is 5.03. The molecule has 0 unspecified atom stereocenters. The maximum absolute atomic E-state index is 4.39. The van der Waals surface area contributed by atoms with Gasteiger partial charge in [-0.1, -0.05) is 15.9 Å². The molecule has 0 amide bonds. The minimum atomic E-state index is 0.689. The van der Waals surface area contributed by atoms with Crippen LogP contribution in [0.25, 0.3) is 0 Å². The number of rotatable bonds is 3. The third-order valence-electron chi connectivity index (χ3n) is 2.78. The molecule has 0 saturated carbocycles. The van der Waals surface area contributed by atoms with Crippen molar-refractivity contribution < 1.29 is 0 Å². The molecule has 0 bridgehead atoms. The molecule has 0 fully saturated rings. The first kappa shape index (κ1) is 15.0. The quantitative estimate of drug-likeness (QED) is 0.661. The van der Waals surface area contributed by atoms with E-state index in [2.05, 4.69) is 84.1 Å². The summed E-state index contributed by atoms with van der Waals surface area (Å²) in [7, 11) is 0. The summed E-state index contributed by atoms with van der Waals surface area (Å²) >= 11 is 10.5. The van der Waals surface area contributed by atoms with E-state index in [-0.39, 0.29) is 0 Å². The second kappa shape index (κ2) is 6.37. The lowest BCUT2D eigenvalue weighted by Crippen LogP contribution is -2.03. The van der Waals surface area contributed by atoms with Crippen LogP contribution in [-0.4, -0.2) is 4.98 Å². The summed E-state index contributed by atoms with van der Waals surface area (Å²) in [6.45, 7) is 4.88. The first-order valence-corrected chi connectivity index (χ1v) is 8.16. The molecule has 1 heterocycles. The molecule has 0 aliphatic heterocycles. The van der Waals surface area contributed by atoms with Crippen molar-refractivity contribution in [2.45, 2.75) is 20.4 Å². The molecule has 5 heteroatoms. The predicted molar refractivity (Wildman–Crippen MR) is 90.6 cm³/mol. The first-order chi connectivity index (χ1) is 8.97. The fourth-order valence-corrected chi connectivity index (χ4v) is 3.16. The fourth-order valence-electron chi connectivity index (χ4n) is 1.81. The lowest BCUT2D eigenvalue weighted by atomic mass is 10.1. The number of halogens is 3. The third kappa shape index (κ3) is 3.80. The lowest BCUT2D eigenvalue weighted by molar-refractivity contribution is 1.03. The molecular formula is C14H13Br3N2. The van der Waals surface area contributed by atoms with Crippen molar-refractivity contribution in [3.63, 3.8) is 0 Å². The highest BCUT2D eigenvalue weighted by Crippen LogP contribution is 2.26. The number of nitrogens with one attached hydrogen (secondary N) is 1. The molecule has 19 heavy (non-hydrogen) atoms. The molecule has 0 atom stereocenters. The molecular weight excluding hydrogens is 436 g/mol. The van der Waals surface area contributed by atoms with Crippen LogP contribution in [0.3, 0.4) is 0 Å².